The number of nitrogens with one attached hydrogen (secondary N) is 2. The Kier molecular flexibility index (Phi) is 4.65. The van der Waals surface area contributed by atoms with Gasteiger partial charge < -0.3 is 15.2 Å². The topological polar surface area (TPSA) is 98.4 Å². The van der Waals surface area contributed by atoms with E-state index in [1.54, 1.807) is 11.2 Å². The highest BCUT2D eigenvalue weighted by atomic mass is 32.2. The van der Waals surface area contributed by atoms with Crippen LogP contribution in [0.15, 0.2) is 36.7 Å². The third-order valence-corrected chi connectivity index (χ3v) is 7.06. The number of aryl methyl sites for hydroxylation is 1. The molecule has 2 atom stereocenters. The molecule has 0 unspecified atom stereocenters. The number of nitrogens with zero attached hydrogens (tertiary/aromatic N) is 3. The van der Waals surface area contributed by atoms with Crippen LogP contribution in [0, 0.1) is 6.92 Å². The highest BCUT2D eigenvalue weighted by Gasteiger charge is 2.48. The fourth-order valence-corrected chi connectivity index (χ4v) is 5.94. The second-order valence-electron chi connectivity index (χ2n) is 7.15. The number of sulfone groups is 1. The third-order valence-electron chi connectivity index (χ3n) is 5.36. The number of fused-ring (bicyclic) bond motifs is 1. The molecule has 9 heteroatoms. The minimum atomic E-state index is -3.18. The molecule has 27 heavy (non-hydrogen) atoms. The molecule has 2 aliphatic rings. The van der Waals surface area contributed by atoms with E-state index in [1.807, 2.05) is 37.3 Å². The zero-order chi connectivity index (χ0) is 19.0. The van der Waals surface area contributed by atoms with Gasteiger partial charge in [0.1, 0.15) is 0 Å². The van der Waals surface area contributed by atoms with Gasteiger partial charge >= 0.3 is 6.03 Å². The molecule has 144 valence electrons. The number of imidazole rings is 1. The largest absolute Gasteiger partial charge is 0.348 e. The van der Waals surface area contributed by atoms with Gasteiger partial charge in [0.05, 0.1) is 29.6 Å². The lowest BCUT2D eigenvalue weighted by atomic mass is 10.0. The summed E-state index contributed by atoms with van der Waals surface area (Å²) in [5, 5.41) is 2.88. The van der Waals surface area contributed by atoms with Crippen molar-refractivity contribution >= 4 is 21.6 Å². The van der Waals surface area contributed by atoms with Crippen LogP contribution in [0.2, 0.25) is 0 Å². The fraction of sp³-hybridized carbons (Fsp3) is 0.444. The van der Waals surface area contributed by atoms with E-state index in [1.165, 1.54) is 0 Å². The molecule has 0 radical (unpaired) electrons. The number of piperazine rings is 1. The normalized spacial score (nSPS) is 24.6. The van der Waals surface area contributed by atoms with Crippen LogP contribution in [0.5, 0.6) is 0 Å². The Bertz CT molecular complexity index is 927. The molecular weight excluding hydrogens is 366 g/mol. The van der Waals surface area contributed by atoms with Crippen molar-refractivity contribution in [2.24, 2.45) is 0 Å². The number of aromatic amines is 1. The lowest BCUT2D eigenvalue weighted by molar-refractivity contribution is 0.0643. The summed E-state index contributed by atoms with van der Waals surface area (Å²) in [6, 6.07) is 8.42. The number of hydrogen-bond donors (Lipinski definition) is 2. The monoisotopic (exact) mass is 389 g/mol. The second-order valence-corrected chi connectivity index (χ2v) is 9.30. The summed E-state index contributed by atoms with van der Waals surface area (Å²) < 4.78 is 24.7. The van der Waals surface area contributed by atoms with Gasteiger partial charge in [0, 0.05) is 37.1 Å². The Morgan fingerprint density at radius 1 is 1.22 bits per heavy atom. The average molecular weight is 389 g/mol. The Morgan fingerprint density at radius 2 is 1.96 bits per heavy atom. The van der Waals surface area contributed by atoms with Crippen LogP contribution >= 0.6 is 0 Å². The van der Waals surface area contributed by atoms with E-state index in [0.29, 0.717) is 25.3 Å². The Balaban J connectivity index is 1.53. The first-order chi connectivity index (χ1) is 12.9. The molecule has 2 amide bonds. The Labute approximate surface area is 158 Å². The van der Waals surface area contributed by atoms with Crippen LogP contribution in [0.3, 0.4) is 0 Å². The van der Waals surface area contributed by atoms with Gasteiger partial charge in [0.25, 0.3) is 0 Å². The predicted molar refractivity (Wildman–Crippen MR) is 102 cm³/mol. The van der Waals surface area contributed by atoms with E-state index in [4.69, 9.17) is 0 Å². The SMILES string of the molecule is Cc1[nH]cnc1CN1CCN(C(=O)Nc2ccccc2)[C@H]2CS(=O)(=O)C[C@H]21. The van der Waals surface area contributed by atoms with Crippen molar-refractivity contribution in [2.75, 3.05) is 29.9 Å². The van der Waals surface area contributed by atoms with Crippen LogP contribution in [0.1, 0.15) is 11.4 Å². The summed E-state index contributed by atoms with van der Waals surface area (Å²) in [6.45, 7) is 3.64. The number of para-hydroxylation sites is 1. The summed E-state index contributed by atoms with van der Waals surface area (Å²) in [4.78, 5) is 24.0. The van der Waals surface area contributed by atoms with Gasteiger partial charge in [-0.3, -0.25) is 4.90 Å². The molecule has 0 bridgehead atoms. The van der Waals surface area contributed by atoms with Gasteiger partial charge in [0.2, 0.25) is 0 Å². The van der Waals surface area contributed by atoms with Gasteiger partial charge in [-0.2, -0.15) is 0 Å². The standard InChI is InChI=1S/C18H23N5O3S/c1-13-15(20-12-19-13)9-22-7-8-23(17-11-27(25,26)10-16(17)22)18(24)21-14-5-3-2-4-6-14/h2-6,12,16-17H,7-11H2,1H3,(H,19,20)(H,21,24)/t16-,17+/m1/s1. The summed E-state index contributed by atoms with van der Waals surface area (Å²) in [6.07, 6.45) is 1.65. The number of hydrogen-bond acceptors (Lipinski definition) is 5. The van der Waals surface area contributed by atoms with Crippen LogP contribution < -0.4 is 5.32 Å². The fourth-order valence-electron chi connectivity index (χ4n) is 3.93. The van der Waals surface area contributed by atoms with Crippen molar-refractivity contribution in [1.82, 2.24) is 19.8 Å². The molecule has 2 N–H and O–H groups in total. The molecule has 1 aromatic heterocycles. The van der Waals surface area contributed by atoms with Gasteiger partial charge in [-0.05, 0) is 19.1 Å². The summed E-state index contributed by atoms with van der Waals surface area (Å²) >= 11 is 0. The molecule has 2 fully saturated rings. The molecule has 8 nitrogen and oxygen atoms in total. The van der Waals surface area contributed by atoms with E-state index in [9.17, 15) is 13.2 Å². The molecule has 0 spiro atoms. The molecule has 2 aromatic rings. The maximum atomic E-state index is 12.8. The molecule has 0 aliphatic carbocycles. The van der Waals surface area contributed by atoms with Crippen molar-refractivity contribution in [3.8, 4) is 0 Å². The molecular formula is C18H23N5O3S. The van der Waals surface area contributed by atoms with Crippen LogP contribution in [0.25, 0.3) is 0 Å². The van der Waals surface area contributed by atoms with Crippen molar-refractivity contribution in [3.63, 3.8) is 0 Å². The second kappa shape index (κ2) is 6.97. The molecule has 0 saturated carbocycles. The zero-order valence-electron chi connectivity index (χ0n) is 15.1. The zero-order valence-corrected chi connectivity index (χ0v) is 15.9. The van der Waals surface area contributed by atoms with Crippen molar-refractivity contribution in [1.29, 1.82) is 0 Å². The first-order valence-electron chi connectivity index (χ1n) is 8.99. The van der Waals surface area contributed by atoms with Gasteiger partial charge in [-0.15, -0.1) is 0 Å². The number of H-pyrrole nitrogens is 1. The first kappa shape index (κ1) is 18.0. The smallest absolute Gasteiger partial charge is 0.322 e. The number of carbonyl (C=O) groups is 1. The lowest BCUT2D eigenvalue weighted by Crippen LogP contribution is -2.61. The van der Waals surface area contributed by atoms with Gasteiger partial charge in [-0.1, -0.05) is 18.2 Å². The predicted octanol–water partition coefficient (Wildman–Crippen LogP) is 1.23. The molecule has 3 heterocycles. The number of rotatable bonds is 3. The van der Waals surface area contributed by atoms with E-state index in [-0.39, 0.29) is 29.6 Å². The number of aromatic nitrogens is 2. The third kappa shape index (κ3) is 3.70. The van der Waals surface area contributed by atoms with Gasteiger partial charge in [0.15, 0.2) is 9.84 Å². The minimum Gasteiger partial charge on any atom is -0.348 e. The highest BCUT2D eigenvalue weighted by molar-refractivity contribution is 7.91. The number of benzene rings is 1. The van der Waals surface area contributed by atoms with Gasteiger partial charge in [-0.25, -0.2) is 18.2 Å². The molecule has 4 rings (SSSR count). The molecule has 2 saturated heterocycles. The number of carbonyl (C=O) groups excluding carboxylic acids is 1. The van der Waals surface area contributed by atoms with Crippen LogP contribution in [0.4, 0.5) is 10.5 Å². The summed E-state index contributed by atoms with van der Waals surface area (Å²) in [5.74, 6) is 0.0895. The lowest BCUT2D eigenvalue weighted by Gasteiger charge is -2.43. The van der Waals surface area contributed by atoms with E-state index >= 15 is 0 Å². The minimum absolute atomic E-state index is 0.00985. The highest BCUT2D eigenvalue weighted by Crippen LogP contribution is 2.28. The quantitative estimate of drug-likeness (QED) is 0.823. The maximum Gasteiger partial charge on any atom is 0.322 e. The van der Waals surface area contributed by atoms with Crippen LogP contribution in [-0.4, -0.2) is 70.9 Å². The van der Waals surface area contributed by atoms with Crippen molar-refractivity contribution in [3.05, 3.63) is 48.0 Å². The Morgan fingerprint density at radius 3 is 2.67 bits per heavy atom. The summed E-state index contributed by atoms with van der Waals surface area (Å²) in [7, 11) is -3.18. The van der Waals surface area contributed by atoms with E-state index in [2.05, 4.69) is 20.2 Å². The average Bonchev–Trinajstić information content (AvgIpc) is 3.18. The van der Waals surface area contributed by atoms with E-state index < -0.39 is 9.84 Å². The van der Waals surface area contributed by atoms with Crippen molar-refractivity contribution < 1.29 is 13.2 Å². The van der Waals surface area contributed by atoms with Crippen molar-refractivity contribution in [2.45, 2.75) is 25.6 Å². The number of amides is 2. The molecule has 2 aliphatic heterocycles. The molecule has 1 aromatic carbocycles. The van der Waals surface area contributed by atoms with E-state index in [0.717, 1.165) is 11.4 Å². The Hall–Kier alpha value is -2.39. The number of anilines is 1. The summed E-state index contributed by atoms with van der Waals surface area (Å²) in [5.41, 5.74) is 2.60. The first-order valence-corrected chi connectivity index (χ1v) is 10.8. The maximum absolute atomic E-state index is 12.8. The van der Waals surface area contributed by atoms with Crippen LogP contribution in [-0.2, 0) is 16.4 Å². The number of urea groups is 1.